The van der Waals surface area contributed by atoms with Crippen LogP contribution in [0.3, 0.4) is 0 Å². The van der Waals surface area contributed by atoms with E-state index in [1.54, 1.807) is 12.1 Å². The summed E-state index contributed by atoms with van der Waals surface area (Å²) in [6.45, 7) is 2.09. The predicted molar refractivity (Wildman–Crippen MR) is 100 cm³/mol. The quantitative estimate of drug-likeness (QED) is 0.381. The number of hydrogen-bond donors (Lipinski definition) is 3. The molecule has 0 heterocycles. The third kappa shape index (κ3) is 27.3. The van der Waals surface area contributed by atoms with E-state index in [0.717, 1.165) is 26.0 Å². The van der Waals surface area contributed by atoms with Crippen molar-refractivity contribution in [1.82, 2.24) is 0 Å². The van der Waals surface area contributed by atoms with Gasteiger partial charge >= 0.3 is 10.4 Å². The number of halogens is 1. The standard InChI is InChI=1S/C8H10O3S.C2H5ClO2.C2H6O3S.H2O4S/c1-7-3-5-8(6-4-7)12(9,10)11-2;3-5-2-1-4;1-5-6(2,3)4;1-5(2,3)4/h3-6H,1-2H3;4H,1-2H2;1-2H3;(H2,1,2,3,4). The summed E-state index contributed by atoms with van der Waals surface area (Å²) in [5.74, 6) is 0. The fraction of sp³-hybridized carbons (Fsp3) is 0.500. The van der Waals surface area contributed by atoms with Crippen molar-refractivity contribution in [2.45, 2.75) is 11.8 Å². The van der Waals surface area contributed by atoms with Crippen molar-refractivity contribution in [2.24, 2.45) is 0 Å². The van der Waals surface area contributed by atoms with Gasteiger partial charge in [-0.2, -0.15) is 25.3 Å². The van der Waals surface area contributed by atoms with Crippen molar-refractivity contribution >= 4 is 42.5 Å². The SMILES string of the molecule is COS(=O)(=O)c1ccc(C)cc1.COS(C)(=O)=O.O=S(=O)(O)O.OCCOCl. The molecule has 1 aromatic rings. The highest BCUT2D eigenvalue weighted by Crippen LogP contribution is 2.11. The van der Waals surface area contributed by atoms with Gasteiger partial charge in [-0.3, -0.25) is 21.8 Å². The van der Waals surface area contributed by atoms with Crippen molar-refractivity contribution < 1.29 is 52.1 Å². The highest BCUT2D eigenvalue weighted by molar-refractivity contribution is 7.86. The molecule has 12 nitrogen and oxygen atoms in total. The van der Waals surface area contributed by atoms with Gasteiger partial charge in [0.05, 0.1) is 50.5 Å². The molecular formula is C12H23ClO12S3. The van der Waals surface area contributed by atoms with Crippen LogP contribution >= 0.6 is 11.9 Å². The zero-order valence-electron chi connectivity index (χ0n) is 15.3. The average Bonchev–Trinajstić information content (AvgIpc) is 2.55. The minimum absolute atomic E-state index is 0.0104. The number of aryl methyl sites for hydroxylation is 1. The summed E-state index contributed by atoms with van der Waals surface area (Å²) < 4.78 is 85.5. The molecule has 16 heteroatoms. The second-order valence-electron chi connectivity index (χ2n) is 4.29. The fourth-order valence-corrected chi connectivity index (χ4v) is 1.57. The van der Waals surface area contributed by atoms with Gasteiger partial charge in [0.1, 0.15) is 0 Å². The van der Waals surface area contributed by atoms with Gasteiger partial charge in [0.2, 0.25) is 0 Å². The lowest BCUT2D eigenvalue weighted by atomic mass is 10.2. The Morgan fingerprint density at radius 1 is 0.929 bits per heavy atom. The van der Waals surface area contributed by atoms with Crippen LogP contribution in [0.4, 0.5) is 0 Å². The lowest BCUT2D eigenvalue weighted by molar-refractivity contribution is 0.212. The molecule has 0 fully saturated rings. The number of rotatable bonds is 5. The molecule has 0 unspecified atom stereocenters. The van der Waals surface area contributed by atoms with E-state index in [1.165, 1.54) is 12.1 Å². The van der Waals surface area contributed by atoms with Crippen molar-refractivity contribution in [3.63, 3.8) is 0 Å². The van der Waals surface area contributed by atoms with Crippen LogP contribution in [0.15, 0.2) is 29.2 Å². The van der Waals surface area contributed by atoms with Crippen LogP contribution in [-0.4, -0.2) is 73.2 Å². The van der Waals surface area contributed by atoms with Crippen LogP contribution < -0.4 is 0 Å². The second-order valence-corrected chi connectivity index (χ2v) is 8.86. The van der Waals surface area contributed by atoms with Crippen LogP contribution in [0.25, 0.3) is 0 Å². The molecule has 0 aliphatic carbocycles. The normalized spacial score (nSPS) is 11.0. The maximum atomic E-state index is 11.1. The predicted octanol–water partition coefficient (Wildman–Crippen LogP) is 0.419. The lowest BCUT2D eigenvalue weighted by Crippen LogP contribution is -2.02. The highest BCUT2D eigenvalue weighted by atomic mass is 35.5. The molecule has 0 saturated heterocycles. The van der Waals surface area contributed by atoms with Crippen molar-refractivity contribution in [3.8, 4) is 0 Å². The molecule has 0 radical (unpaired) electrons. The second kappa shape index (κ2) is 16.0. The molecule has 0 aliphatic rings. The van der Waals surface area contributed by atoms with E-state index in [2.05, 4.69) is 24.5 Å². The first kappa shape index (κ1) is 31.8. The summed E-state index contributed by atoms with van der Waals surface area (Å²) in [5.41, 5.74) is 1.02. The molecule has 28 heavy (non-hydrogen) atoms. The van der Waals surface area contributed by atoms with Crippen LogP contribution in [0.5, 0.6) is 0 Å². The summed E-state index contributed by atoms with van der Waals surface area (Å²) in [4.78, 5) is 0.190. The highest BCUT2D eigenvalue weighted by Gasteiger charge is 2.11. The molecule has 168 valence electrons. The summed E-state index contributed by atoms with van der Waals surface area (Å²) in [6.07, 6.45) is 0.993. The first-order chi connectivity index (χ1) is 12.5. The molecule has 1 aromatic carbocycles. The Morgan fingerprint density at radius 2 is 1.29 bits per heavy atom. The van der Waals surface area contributed by atoms with Crippen LogP contribution in [-0.2, 0) is 43.3 Å². The number of aliphatic hydroxyl groups is 1. The van der Waals surface area contributed by atoms with Crippen molar-refractivity contribution in [2.75, 3.05) is 33.7 Å². The molecule has 0 aliphatic heterocycles. The summed E-state index contributed by atoms with van der Waals surface area (Å²) in [6, 6.07) is 6.50. The molecule has 0 saturated carbocycles. The van der Waals surface area contributed by atoms with Gasteiger partial charge in [-0.1, -0.05) is 17.7 Å². The Balaban J connectivity index is -0.000000331. The molecule has 0 amide bonds. The van der Waals surface area contributed by atoms with Gasteiger partial charge in [0, 0.05) is 0 Å². The topological polar surface area (TPSA) is 191 Å². The minimum atomic E-state index is -4.67. The van der Waals surface area contributed by atoms with E-state index >= 15 is 0 Å². The molecule has 0 atom stereocenters. The minimum Gasteiger partial charge on any atom is -0.394 e. The smallest absolute Gasteiger partial charge is 0.394 e. The molecular weight excluding hydrogens is 468 g/mol. The van der Waals surface area contributed by atoms with Crippen molar-refractivity contribution in [3.05, 3.63) is 29.8 Å². The summed E-state index contributed by atoms with van der Waals surface area (Å²) >= 11 is 4.64. The average molecular weight is 491 g/mol. The molecule has 1 rings (SSSR count). The third-order valence-corrected chi connectivity index (χ3v) is 4.05. The Labute approximate surface area is 170 Å². The van der Waals surface area contributed by atoms with E-state index in [-0.39, 0.29) is 18.1 Å². The fourth-order valence-electron chi connectivity index (χ4n) is 0.836. The van der Waals surface area contributed by atoms with Gasteiger partial charge in [0.25, 0.3) is 20.2 Å². The monoisotopic (exact) mass is 490 g/mol. The maximum Gasteiger partial charge on any atom is 0.394 e. The summed E-state index contributed by atoms with van der Waals surface area (Å²) in [7, 11) is -9.08. The van der Waals surface area contributed by atoms with Crippen LogP contribution in [0, 0.1) is 6.92 Å². The Morgan fingerprint density at radius 3 is 1.46 bits per heavy atom. The Hall–Kier alpha value is -0.880. The van der Waals surface area contributed by atoms with E-state index < -0.39 is 30.6 Å². The number of aliphatic hydroxyl groups excluding tert-OH is 1. The van der Waals surface area contributed by atoms with Crippen LogP contribution in [0.1, 0.15) is 5.56 Å². The Kier molecular flexibility index (Phi) is 18.1. The van der Waals surface area contributed by atoms with E-state index in [9.17, 15) is 16.8 Å². The van der Waals surface area contributed by atoms with E-state index in [0.29, 0.717) is 0 Å². The van der Waals surface area contributed by atoms with Gasteiger partial charge in [-0.05, 0) is 19.1 Å². The summed E-state index contributed by atoms with van der Waals surface area (Å²) in [5, 5.41) is 7.86. The molecule has 0 spiro atoms. The van der Waals surface area contributed by atoms with Gasteiger partial charge in [-0.25, -0.2) is 0 Å². The third-order valence-electron chi connectivity index (χ3n) is 2.00. The van der Waals surface area contributed by atoms with E-state index in [4.69, 9.17) is 22.6 Å². The molecule has 0 bridgehead atoms. The van der Waals surface area contributed by atoms with E-state index in [1.807, 2.05) is 6.92 Å². The van der Waals surface area contributed by atoms with Crippen LogP contribution in [0.2, 0.25) is 0 Å². The first-order valence-corrected chi connectivity index (χ1v) is 11.6. The largest absolute Gasteiger partial charge is 0.394 e. The first-order valence-electron chi connectivity index (χ1n) is 6.71. The number of benzene rings is 1. The molecule has 0 aromatic heterocycles. The van der Waals surface area contributed by atoms with Crippen molar-refractivity contribution in [1.29, 1.82) is 0 Å². The number of hydrogen-bond acceptors (Lipinski definition) is 10. The zero-order valence-corrected chi connectivity index (χ0v) is 18.5. The molecule has 3 N–H and O–H groups in total. The van der Waals surface area contributed by atoms with Gasteiger partial charge < -0.3 is 5.11 Å². The Bertz CT molecular complexity index is 807. The van der Waals surface area contributed by atoms with Gasteiger partial charge in [0.15, 0.2) is 0 Å². The zero-order chi connectivity index (χ0) is 23.0. The lowest BCUT2D eigenvalue weighted by Gasteiger charge is -2.00. The van der Waals surface area contributed by atoms with Gasteiger partial charge in [-0.15, -0.1) is 0 Å². The maximum absolute atomic E-state index is 11.1.